The van der Waals surface area contributed by atoms with Gasteiger partial charge >= 0.3 is 6.09 Å². The fraction of sp³-hybridized carbons (Fsp3) is 0.684. The van der Waals surface area contributed by atoms with Crippen LogP contribution in [-0.2, 0) is 15.9 Å². The van der Waals surface area contributed by atoms with Crippen molar-refractivity contribution >= 4 is 6.09 Å². The largest absolute Gasteiger partial charge is 0.444 e. The molecule has 6 heteroatoms. The van der Waals surface area contributed by atoms with Crippen molar-refractivity contribution in [3.8, 4) is 0 Å². The number of nitrogens with zero attached hydrogens (tertiary/aromatic N) is 2. The molecule has 2 rings (SSSR count). The summed E-state index contributed by atoms with van der Waals surface area (Å²) in [5, 5.41) is 3.51. The highest BCUT2D eigenvalue weighted by Gasteiger charge is 2.30. The molecule has 1 aliphatic heterocycles. The predicted molar refractivity (Wildman–Crippen MR) is 97.7 cm³/mol. The summed E-state index contributed by atoms with van der Waals surface area (Å²) in [4.78, 5) is 18.1. The number of ether oxygens (including phenoxy) is 2. The lowest BCUT2D eigenvalue weighted by Crippen LogP contribution is -2.53. The number of nitrogens with one attached hydrogen (secondary N) is 1. The quantitative estimate of drug-likeness (QED) is 0.885. The first kappa shape index (κ1) is 19.7. The topological polar surface area (TPSA) is 63.7 Å². The maximum absolute atomic E-state index is 12.2. The first-order valence-corrected chi connectivity index (χ1v) is 8.98. The number of hydrogen-bond acceptors (Lipinski definition) is 5. The summed E-state index contributed by atoms with van der Waals surface area (Å²) in [5.74, 6) is 0. The van der Waals surface area contributed by atoms with E-state index in [2.05, 4.69) is 30.2 Å². The van der Waals surface area contributed by atoms with Crippen LogP contribution in [0.5, 0.6) is 0 Å². The summed E-state index contributed by atoms with van der Waals surface area (Å²) in [7, 11) is 0. The van der Waals surface area contributed by atoms with Crippen LogP contribution >= 0.6 is 0 Å². The minimum atomic E-state index is -0.475. The Kier molecular flexibility index (Phi) is 6.79. The van der Waals surface area contributed by atoms with E-state index in [0.29, 0.717) is 19.7 Å². The van der Waals surface area contributed by atoms with Crippen LogP contribution in [0.25, 0.3) is 0 Å². The molecule has 1 aliphatic rings. The lowest BCUT2D eigenvalue weighted by Gasteiger charge is -2.36. The van der Waals surface area contributed by atoms with Crippen LogP contribution in [0.2, 0.25) is 0 Å². The fourth-order valence-electron chi connectivity index (χ4n) is 2.82. The number of hydrogen-bond donors (Lipinski definition) is 1. The summed E-state index contributed by atoms with van der Waals surface area (Å²) in [6.07, 6.45) is 4.37. The van der Waals surface area contributed by atoms with Crippen LogP contribution < -0.4 is 5.32 Å². The monoisotopic (exact) mass is 349 g/mol. The van der Waals surface area contributed by atoms with E-state index in [1.54, 1.807) is 4.90 Å². The van der Waals surface area contributed by atoms with Crippen LogP contribution in [0.4, 0.5) is 4.79 Å². The zero-order valence-corrected chi connectivity index (χ0v) is 16.0. The van der Waals surface area contributed by atoms with Crippen LogP contribution in [0.1, 0.15) is 38.8 Å². The standard InChI is InChI=1S/C19H31N3O3/c1-14-12-20-8-6-16(14)7-9-21-15(2)17-13-22(10-11-24-17)18(23)25-19(3,4)5/h6,8,12,15,17,21H,7,9-11,13H2,1-5H3. The van der Waals surface area contributed by atoms with Crippen molar-refractivity contribution in [3.63, 3.8) is 0 Å². The molecule has 1 aromatic rings. The number of morpholine rings is 1. The Morgan fingerprint density at radius 1 is 1.52 bits per heavy atom. The van der Waals surface area contributed by atoms with Crippen molar-refractivity contribution in [1.82, 2.24) is 15.2 Å². The van der Waals surface area contributed by atoms with Gasteiger partial charge in [-0.2, -0.15) is 0 Å². The second-order valence-electron chi connectivity index (χ2n) is 7.63. The van der Waals surface area contributed by atoms with Crippen LogP contribution in [0.3, 0.4) is 0 Å². The number of pyridine rings is 1. The Morgan fingerprint density at radius 3 is 2.96 bits per heavy atom. The number of aryl methyl sites for hydroxylation is 1. The zero-order valence-electron chi connectivity index (χ0n) is 16.0. The second kappa shape index (κ2) is 8.63. The molecule has 1 saturated heterocycles. The highest BCUT2D eigenvalue weighted by atomic mass is 16.6. The molecule has 0 bridgehead atoms. The summed E-state index contributed by atoms with van der Waals surface area (Å²) in [6, 6.07) is 2.22. The van der Waals surface area contributed by atoms with E-state index in [1.807, 2.05) is 33.2 Å². The molecule has 2 atom stereocenters. The first-order valence-electron chi connectivity index (χ1n) is 8.98. The molecule has 140 valence electrons. The molecule has 0 radical (unpaired) electrons. The van der Waals surface area contributed by atoms with Crippen LogP contribution in [-0.4, -0.2) is 60.0 Å². The molecular formula is C19H31N3O3. The highest BCUT2D eigenvalue weighted by Crippen LogP contribution is 2.15. The maximum Gasteiger partial charge on any atom is 0.410 e. The average Bonchev–Trinajstić information content (AvgIpc) is 2.55. The lowest BCUT2D eigenvalue weighted by molar-refractivity contribution is -0.0524. The number of rotatable bonds is 5. The molecule has 1 N–H and O–H groups in total. The lowest BCUT2D eigenvalue weighted by atomic mass is 10.1. The van der Waals surface area contributed by atoms with Crippen molar-refractivity contribution < 1.29 is 14.3 Å². The smallest absolute Gasteiger partial charge is 0.410 e. The van der Waals surface area contributed by atoms with E-state index in [1.165, 1.54) is 11.1 Å². The summed E-state index contributed by atoms with van der Waals surface area (Å²) < 4.78 is 11.3. The number of amides is 1. The maximum atomic E-state index is 12.2. The van der Waals surface area contributed by atoms with Gasteiger partial charge in [-0.25, -0.2) is 4.79 Å². The van der Waals surface area contributed by atoms with Crippen molar-refractivity contribution in [2.75, 3.05) is 26.2 Å². The minimum absolute atomic E-state index is 0.0280. The van der Waals surface area contributed by atoms with Gasteiger partial charge in [0, 0.05) is 25.0 Å². The van der Waals surface area contributed by atoms with E-state index in [0.717, 1.165) is 13.0 Å². The normalized spacial score (nSPS) is 19.6. The molecule has 1 aromatic heterocycles. The van der Waals surface area contributed by atoms with Gasteiger partial charge in [0.2, 0.25) is 0 Å². The molecule has 2 unspecified atom stereocenters. The number of carbonyl (C=O) groups excluding carboxylic acids is 1. The van der Waals surface area contributed by atoms with Gasteiger partial charge in [0.15, 0.2) is 0 Å². The summed E-state index contributed by atoms with van der Waals surface area (Å²) in [5.41, 5.74) is 2.04. The molecule has 6 nitrogen and oxygen atoms in total. The van der Waals surface area contributed by atoms with E-state index in [-0.39, 0.29) is 18.2 Å². The molecule has 2 heterocycles. The van der Waals surface area contributed by atoms with Crippen molar-refractivity contribution in [2.24, 2.45) is 0 Å². The molecule has 0 spiro atoms. The van der Waals surface area contributed by atoms with E-state index < -0.39 is 5.60 Å². The van der Waals surface area contributed by atoms with E-state index >= 15 is 0 Å². The van der Waals surface area contributed by atoms with Gasteiger partial charge in [-0.3, -0.25) is 4.98 Å². The fourth-order valence-corrected chi connectivity index (χ4v) is 2.82. The molecule has 25 heavy (non-hydrogen) atoms. The third kappa shape index (κ3) is 6.29. The minimum Gasteiger partial charge on any atom is -0.444 e. The van der Waals surface area contributed by atoms with Gasteiger partial charge in [-0.1, -0.05) is 0 Å². The number of aromatic nitrogens is 1. The predicted octanol–water partition coefficient (Wildman–Crippen LogP) is 2.55. The molecule has 0 aliphatic carbocycles. The van der Waals surface area contributed by atoms with Gasteiger partial charge in [-0.05, 0) is 64.8 Å². The van der Waals surface area contributed by atoms with Crippen LogP contribution in [0.15, 0.2) is 18.5 Å². The Morgan fingerprint density at radius 2 is 2.28 bits per heavy atom. The van der Waals surface area contributed by atoms with Crippen molar-refractivity contribution in [2.45, 2.75) is 58.8 Å². The van der Waals surface area contributed by atoms with Gasteiger partial charge in [0.1, 0.15) is 5.60 Å². The molecule has 0 saturated carbocycles. The Balaban J connectivity index is 1.80. The third-order valence-corrected chi connectivity index (χ3v) is 4.30. The van der Waals surface area contributed by atoms with Crippen molar-refractivity contribution in [1.29, 1.82) is 0 Å². The molecule has 1 amide bonds. The zero-order chi connectivity index (χ0) is 18.4. The van der Waals surface area contributed by atoms with Crippen LogP contribution in [0, 0.1) is 6.92 Å². The second-order valence-corrected chi connectivity index (χ2v) is 7.63. The SMILES string of the molecule is Cc1cnccc1CCNC(C)C1CN(C(=O)OC(C)(C)C)CCO1. The number of carbonyl (C=O) groups is 1. The highest BCUT2D eigenvalue weighted by molar-refractivity contribution is 5.68. The van der Waals surface area contributed by atoms with Crippen molar-refractivity contribution in [3.05, 3.63) is 29.6 Å². The summed E-state index contributed by atoms with van der Waals surface area (Å²) in [6.45, 7) is 12.4. The van der Waals surface area contributed by atoms with Gasteiger partial charge in [0.25, 0.3) is 0 Å². The van der Waals surface area contributed by atoms with Gasteiger partial charge in [0.05, 0.1) is 19.3 Å². The molecule has 0 aromatic carbocycles. The van der Waals surface area contributed by atoms with E-state index in [9.17, 15) is 4.79 Å². The Bertz CT molecular complexity index is 571. The van der Waals surface area contributed by atoms with Gasteiger partial charge in [-0.15, -0.1) is 0 Å². The Labute approximate surface area is 150 Å². The average molecular weight is 349 g/mol. The van der Waals surface area contributed by atoms with E-state index in [4.69, 9.17) is 9.47 Å². The molecular weight excluding hydrogens is 318 g/mol. The molecule has 1 fully saturated rings. The van der Waals surface area contributed by atoms with Gasteiger partial charge < -0.3 is 19.7 Å². The Hall–Kier alpha value is -1.66. The summed E-state index contributed by atoms with van der Waals surface area (Å²) >= 11 is 0. The first-order chi connectivity index (χ1) is 11.8. The third-order valence-electron chi connectivity index (χ3n) is 4.30.